The van der Waals surface area contributed by atoms with Crippen LogP contribution >= 0.6 is 11.3 Å². The van der Waals surface area contributed by atoms with Crippen LogP contribution in [0.15, 0.2) is 24.3 Å². The van der Waals surface area contributed by atoms with Gasteiger partial charge in [0.1, 0.15) is 0 Å². The molecule has 80 valence electrons. The van der Waals surface area contributed by atoms with E-state index in [4.69, 9.17) is 11.0 Å². The van der Waals surface area contributed by atoms with Crippen molar-refractivity contribution in [3.8, 4) is 17.2 Å². The highest BCUT2D eigenvalue weighted by Gasteiger charge is 2.10. The summed E-state index contributed by atoms with van der Waals surface area (Å²) in [5.74, 6) is 0. The summed E-state index contributed by atoms with van der Waals surface area (Å²) in [5.41, 5.74) is 9.05. The van der Waals surface area contributed by atoms with Gasteiger partial charge in [0.2, 0.25) is 0 Å². The quantitative estimate of drug-likeness (QED) is 0.759. The smallest absolute Gasteiger partial charge is 0.0998 e. The molecule has 0 atom stereocenters. The Bertz CT molecular complexity index is 576. The third-order valence-corrected chi connectivity index (χ3v) is 3.46. The van der Waals surface area contributed by atoms with E-state index in [2.05, 4.69) is 26.0 Å². The van der Waals surface area contributed by atoms with Crippen molar-refractivity contribution in [2.75, 3.05) is 5.73 Å². The van der Waals surface area contributed by atoms with Gasteiger partial charge < -0.3 is 5.73 Å². The first-order valence-electron chi connectivity index (χ1n) is 4.99. The van der Waals surface area contributed by atoms with Crippen LogP contribution in [0, 0.1) is 25.2 Å². The lowest BCUT2D eigenvalue weighted by Gasteiger charge is -2.04. The Morgan fingerprint density at radius 2 is 1.94 bits per heavy atom. The van der Waals surface area contributed by atoms with Gasteiger partial charge in [0.25, 0.3) is 0 Å². The number of thiophene rings is 1. The fourth-order valence-corrected chi connectivity index (χ4v) is 2.73. The van der Waals surface area contributed by atoms with Gasteiger partial charge in [0.15, 0.2) is 0 Å². The Balaban J connectivity index is 2.65. The minimum Gasteiger partial charge on any atom is -0.399 e. The molecule has 0 saturated heterocycles. The van der Waals surface area contributed by atoms with E-state index in [9.17, 15) is 0 Å². The maximum atomic E-state index is 9.10. The predicted molar refractivity (Wildman–Crippen MR) is 68.4 cm³/mol. The van der Waals surface area contributed by atoms with Gasteiger partial charge in [-0.1, -0.05) is 6.07 Å². The highest BCUT2D eigenvalue weighted by molar-refractivity contribution is 7.12. The molecule has 0 aliphatic rings. The number of anilines is 1. The monoisotopic (exact) mass is 228 g/mol. The van der Waals surface area contributed by atoms with Gasteiger partial charge in [-0.25, -0.2) is 0 Å². The number of nitrogens with zero attached hydrogens (tertiary/aromatic N) is 1. The maximum Gasteiger partial charge on any atom is 0.0998 e. The molecule has 1 heterocycles. The van der Waals surface area contributed by atoms with E-state index in [1.807, 2.05) is 12.1 Å². The molecule has 0 amide bonds. The van der Waals surface area contributed by atoms with Gasteiger partial charge in [-0.05, 0) is 37.6 Å². The van der Waals surface area contributed by atoms with E-state index >= 15 is 0 Å². The highest BCUT2D eigenvalue weighted by Crippen LogP contribution is 2.33. The van der Waals surface area contributed by atoms with E-state index in [1.54, 1.807) is 17.4 Å². The van der Waals surface area contributed by atoms with E-state index in [0.717, 1.165) is 11.1 Å². The molecule has 0 spiro atoms. The van der Waals surface area contributed by atoms with E-state index in [1.165, 1.54) is 9.75 Å². The maximum absolute atomic E-state index is 9.10. The zero-order chi connectivity index (χ0) is 11.7. The fourth-order valence-electron chi connectivity index (χ4n) is 1.79. The Kier molecular flexibility index (Phi) is 2.67. The van der Waals surface area contributed by atoms with Gasteiger partial charge in [-0.15, -0.1) is 11.3 Å². The molecule has 16 heavy (non-hydrogen) atoms. The number of nitrogen functional groups attached to an aromatic ring is 1. The van der Waals surface area contributed by atoms with Crippen LogP contribution in [0.3, 0.4) is 0 Å². The normalized spacial score (nSPS) is 10.1. The first-order chi connectivity index (χ1) is 7.61. The second kappa shape index (κ2) is 3.99. The lowest BCUT2D eigenvalue weighted by Crippen LogP contribution is -1.89. The van der Waals surface area contributed by atoms with Crippen molar-refractivity contribution in [2.24, 2.45) is 0 Å². The molecular weight excluding hydrogens is 216 g/mol. The van der Waals surface area contributed by atoms with Crippen LogP contribution in [0.25, 0.3) is 11.1 Å². The van der Waals surface area contributed by atoms with Crippen molar-refractivity contribution >= 4 is 17.0 Å². The van der Waals surface area contributed by atoms with Gasteiger partial charge in [-0.2, -0.15) is 5.26 Å². The standard InChI is InChI=1S/C13H12N2S/c1-8-5-13(9(2)16-8)12-4-3-11(15)6-10(12)7-14/h3-6H,15H2,1-2H3. The number of nitriles is 1. The number of nitrogens with two attached hydrogens (primary N) is 1. The second-order valence-electron chi connectivity index (χ2n) is 3.74. The van der Waals surface area contributed by atoms with Gasteiger partial charge in [-0.3, -0.25) is 0 Å². The fraction of sp³-hybridized carbons (Fsp3) is 0.154. The summed E-state index contributed by atoms with van der Waals surface area (Å²) in [5, 5.41) is 9.10. The minimum atomic E-state index is 0.630. The summed E-state index contributed by atoms with van der Waals surface area (Å²) in [6.07, 6.45) is 0. The first kappa shape index (κ1) is 10.7. The van der Waals surface area contributed by atoms with Crippen LogP contribution < -0.4 is 5.73 Å². The number of hydrogen-bond donors (Lipinski definition) is 1. The molecule has 0 bridgehead atoms. The zero-order valence-electron chi connectivity index (χ0n) is 9.24. The SMILES string of the molecule is Cc1cc(-c2ccc(N)cc2C#N)c(C)s1. The third kappa shape index (κ3) is 1.80. The molecule has 0 saturated carbocycles. The Labute approximate surface area is 99.0 Å². The van der Waals surface area contributed by atoms with Crippen LogP contribution in [-0.4, -0.2) is 0 Å². The van der Waals surface area contributed by atoms with E-state index < -0.39 is 0 Å². The van der Waals surface area contributed by atoms with Crippen LogP contribution in [0.1, 0.15) is 15.3 Å². The lowest BCUT2D eigenvalue weighted by molar-refractivity contribution is 1.47. The van der Waals surface area contributed by atoms with Gasteiger partial charge >= 0.3 is 0 Å². The molecule has 0 aliphatic heterocycles. The molecule has 0 aliphatic carbocycles. The van der Waals surface area contributed by atoms with Crippen molar-refractivity contribution in [2.45, 2.75) is 13.8 Å². The van der Waals surface area contributed by atoms with Crippen LogP contribution in [0.5, 0.6) is 0 Å². The van der Waals surface area contributed by atoms with Crippen molar-refractivity contribution < 1.29 is 0 Å². The lowest BCUT2D eigenvalue weighted by atomic mass is 10.0. The van der Waals surface area contributed by atoms with Crippen molar-refractivity contribution in [3.63, 3.8) is 0 Å². The number of rotatable bonds is 1. The highest BCUT2D eigenvalue weighted by atomic mass is 32.1. The number of hydrogen-bond acceptors (Lipinski definition) is 3. The average molecular weight is 228 g/mol. The summed E-state index contributed by atoms with van der Waals surface area (Å²) in [7, 11) is 0. The number of benzene rings is 1. The topological polar surface area (TPSA) is 49.8 Å². The van der Waals surface area contributed by atoms with Crippen LogP contribution in [0.4, 0.5) is 5.69 Å². The van der Waals surface area contributed by atoms with Crippen molar-refractivity contribution in [1.82, 2.24) is 0 Å². The molecule has 2 rings (SSSR count). The van der Waals surface area contributed by atoms with Crippen molar-refractivity contribution in [1.29, 1.82) is 5.26 Å². The first-order valence-corrected chi connectivity index (χ1v) is 5.80. The Morgan fingerprint density at radius 3 is 2.50 bits per heavy atom. The third-order valence-electron chi connectivity index (χ3n) is 2.50. The summed E-state index contributed by atoms with van der Waals surface area (Å²) < 4.78 is 0. The molecule has 1 aromatic heterocycles. The van der Waals surface area contributed by atoms with Gasteiger partial charge in [0, 0.05) is 21.0 Å². The summed E-state index contributed by atoms with van der Waals surface area (Å²) in [4.78, 5) is 2.49. The molecule has 3 heteroatoms. The average Bonchev–Trinajstić information content (AvgIpc) is 2.57. The minimum absolute atomic E-state index is 0.630. The largest absolute Gasteiger partial charge is 0.399 e. The summed E-state index contributed by atoms with van der Waals surface area (Å²) in [6.45, 7) is 4.15. The summed E-state index contributed by atoms with van der Waals surface area (Å²) >= 11 is 1.75. The predicted octanol–water partition coefficient (Wildman–Crippen LogP) is 3.49. The van der Waals surface area contributed by atoms with Gasteiger partial charge in [0.05, 0.1) is 11.6 Å². The molecule has 0 unspecified atom stereocenters. The second-order valence-corrected chi connectivity index (χ2v) is 5.20. The molecular formula is C13H12N2S. The molecule has 2 aromatic rings. The molecule has 0 radical (unpaired) electrons. The Hall–Kier alpha value is -1.79. The molecule has 0 fully saturated rings. The Morgan fingerprint density at radius 1 is 1.19 bits per heavy atom. The molecule has 2 N–H and O–H groups in total. The number of aryl methyl sites for hydroxylation is 2. The summed E-state index contributed by atoms with van der Waals surface area (Å²) in [6, 6.07) is 9.79. The van der Waals surface area contributed by atoms with Crippen LogP contribution in [0.2, 0.25) is 0 Å². The van der Waals surface area contributed by atoms with Crippen LogP contribution in [-0.2, 0) is 0 Å². The van der Waals surface area contributed by atoms with E-state index in [0.29, 0.717) is 11.3 Å². The zero-order valence-corrected chi connectivity index (χ0v) is 10.1. The molecule has 2 nitrogen and oxygen atoms in total. The van der Waals surface area contributed by atoms with E-state index in [-0.39, 0.29) is 0 Å². The van der Waals surface area contributed by atoms with Crippen molar-refractivity contribution in [3.05, 3.63) is 39.6 Å². The molecule has 1 aromatic carbocycles.